The molecule has 0 aliphatic rings. The van der Waals surface area contributed by atoms with Crippen LogP contribution in [-0.4, -0.2) is 26.3 Å². The first-order chi connectivity index (χ1) is 7.86. The molecule has 0 unspecified atom stereocenters. The van der Waals surface area contributed by atoms with Crippen LogP contribution in [0, 0.1) is 0 Å². The number of hydrogen-bond acceptors (Lipinski definition) is 4. The number of rotatable bonds is 5. The lowest BCUT2D eigenvalue weighted by Crippen LogP contribution is -2.19. The van der Waals surface area contributed by atoms with Crippen LogP contribution in [0.3, 0.4) is 0 Å². The fourth-order valence-corrected chi connectivity index (χ4v) is 1.45. The average Bonchev–Trinajstić information content (AvgIpc) is 2.72. The van der Waals surface area contributed by atoms with E-state index in [0.29, 0.717) is 0 Å². The van der Waals surface area contributed by atoms with Gasteiger partial charge in [-0.1, -0.05) is 6.07 Å². The summed E-state index contributed by atoms with van der Waals surface area (Å²) in [6, 6.07) is 4.04. The number of aromatic nitrogens is 4. The quantitative estimate of drug-likeness (QED) is 0.743. The maximum Gasteiger partial charge on any atom is 0.146 e. The van der Waals surface area contributed by atoms with Gasteiger partial charge in [-0.15, -0.1) is 10.2 Å². The van der Waals surface area contributed by atoms with Gasteiger partial charge in [-0.05, 0) is 24.6 Å². The van der Waals surface area contributed by atoms with Gasteiger partial charge in [0.1, 0.15) is 12.2 Å². The molecule has 0 aliphatic heterocycles. The van der Waals surface area contributed by atoms with Gasteiger partial charge in [-0.25, -0.2) is 0 Å². The maximum atomic E-state index is 4.07. The van der Waals surface area contributed by atoms with Gasteiger partial charge in [-0.2, -0.15) is 0 Å². The molecule has 0 saturated heterocycles. The zero-order valence-corrected chi connectivity index (χ0v) is 9.30. The number of pyridine rings is 1. The molecule has 5 heteroatoms. The van der Waals surface area contributed by atoms with Crippen molar-refractivity contribution in [3.63, 3.8) is 0 Å². The predicted molar refractivity (Wildman–Crippen MR) is 60.7 cm³/mol. The van der Waals surface area contributed by atoms with Crippen LogP contribution >= 0.6 is 0 Å². The molecule has 2 heterocycles. The van der Waals surface area contributed by atoms with Crippen molar-refractivity contribution >= 4 is 0 Å². The highest BCUT2D eigenvalue weighted by molar-refractivity contribution is 5.08. The van der Waals surface area contributed by atoms with Crippen LogP contribution in [0.5, 0.6) is 0 Å². The zero-order valence-electron chi connectivity index (χ0n) is 9.30. The summed E-state index contributed by atoms with van der Waals surface area (Å²) in [4.78, 5) is 4.07. The Morgan fingerprint density at radius 2 is 2.38 bits per heavy atom. The molecule has 2 rings (SSSR count). The van der Waals surface area contributed by atoms with Crippen molar-refractivity contribution in [1.29, 1.82) is 0 Å². The molecule has 16 heavy (non-hydrogen) atoms. The van der Waals surface area contributed by atoms with E-state index in [0.717, 1.165) is 25.3 Å². The number of nitrogens with one attached hydrogen (secondary N) is 1. The second kappa shape index (κ2) is 5.37. The van der Waals surface area contributed by atoms with E-state index in [1.54, 1.807) is 12.5 Å². The number of hydrogen-bond donors (Lipinski definition) is 1. The molecule has 5 nitrogen and oxygen atoms in total. The van der Waals surface area contributed by atoms with E-state index in [4.69, 9.17) is 0 Å². The monoisotopic (exact) mass is 217 g/mol. The lowest BCUT2D eigenvalue weighted by molar-refractivity contribution is 0.635. The lowest BCUT2D eigenvalue weighted by atomic mass is 10.2. The van der Waals surface area contributed by atoms with E-state index < -0.39 is 0 Å². The minimum absolute atomic E-state index is 0.747. The lowest BCUT2D eigenvalue weighted by Gasteiger charge is -2.03. The van der Waals surface area contributed by atoms with Crippen LogP contribution in [0.25, 0.3) is 0 Å². The van der Waals surface area contributed by atoms with Crippen molar-refractivity contribution < 1.29 is 0 Å². The van der Waals surface area contributed by atoms with Crippen molar-refractivity contribution in [2.75, 3.05) is 6.54 Å². The Morgan fingerprint density at radius 3 is 3.06 bits per heavy atom. The first-order valence-electron chi connectivity index (χ1n) is 5.29. The minimum atomic E-state index is 0.747. The third-order valence-electron chi connectivity index (χ3n) is 2.40. The summed E-state index contributed by atoms with van der Waals surface area (Å²) >= 11 is 0. The van der Waals surface area contributed by atoms with Crippen LogP contribution < -0.4 is 5.32 Å². The number of nitrogens with zero attached hydrogens (tertiary/aromatic N) is 4. The van der Waals surface area contributed by atoms with Gasteiger partial charge >= 0.3 is 0 Å². The Morgan fingerprint density at radius 1 is 1.44 bits per heavy atom. The second-order valence-electron chi connectivity index (χ2n) is 3.65. The van der Waals surface area contributed by atoms with Crippen molar-refractivity contribution in [3.8, 4) is 0 Å². The SMILES string of the molecule is Cn1cnnc1CNCCc1cccnc1. The molecule has 0 fully saturated rings. The molecule has 2 aromatic rings. The van der Waals surface area contributed by atoms with Crippen molar-refractivity contribution in [2.24, 2.45) is 7.05 Å². The normalized spacial score (nSPS) is 10.6. The third kappa shape index (κ3) is 2.87. The summed E-state index contributed by atoms with van der Waals surface area (Å²) in [6.07, 6.45) is 6.37. The molecule has 0 aliphatic carbocycles. The van der Waals surface area contributed by atoms with Gasteiger partial charge in [0.05, 0.1) is 6.54 Å². The highest BCUT2D eigenvalue weighted by atomic mass is 15.3. The largest absolute Gasteiger partial charge is 0.320 e. The molecule has 1 N–H and O–H groups in total. The van der Waals surface area contributed by atoms with Crippen LogP contribution in [0.2, 0.25) is 0 Å². The van der Waals surface area contributed by atoms with Gasteiger partial charge in [0.15, 0.2) is 0 Å². The molecule has 0 aromatic carbocycles. The third-order valence-corrected chi connectivity index (χ3v) is 2.40. The summed E-state index contributed by atoms with van der Waals surface area (Å²) in [5, 5.41) is 11.1. The summed E-state index contributed by atoms with van der Waals surface area (Å²) in [7, 11) is 1.94. The van der Waals surface area contributed by atoms with Crippen LogP contribution in [-0.2, 0) is 20.0 Å². The molecule has 0 radical (unpaired) electrons. The molecule has 0 saturated carbocycles. The molecule has 2 aromatic heterocycles. The van der Waals surface area contributed by atoms with Gasteiger partial charge in [0.2, 0.25) is 0 Å². The van der Waals surface area contributed by atoms with Crippen LogP contribution in [0.4, 0.5) is 0 Å². The summed E-state index contributed by atoms with van der Waals surface area (Å²) in [6.45, 7) is 1.66. The van der Waals surface area contributed by atoms with Crippen molar-refractivity contribution in [1.82, 2.24) is 25.1 Å². The van der Waals surface area contributed by atoms with Gasteiger partial charge < -0.3 is 9.88 Å². The van der Waals surface area contributed by atoms with E-state index in [2.05, 4.69) is 26.6 Å². The highest BCUT2D eigenvalue weighted by Crippen LogP contribution is 1.96. The standard InChI is InChI=1S/C11H15N5/c1-16-9-14-15-11(16)8-13-6-4-10-3-2-5-12-7-10/h2-3,5,7,9,13H,4,6,8H2,1H3. The highest BCUT2D eigenvalue weighted by Gasteiger charge is 1.99. The molecule has 0 spiro atoms. The molecular weight excluding hydrogens is 202 g/mol. The summed E-state index contributed by atoms with van der Waals surface area (Å²) in [5.41, 5.74) is 1.24. The van der Waals surface area contributed by atoms with Gasteiger partial charge in [-0.3, -0.25) is 4.98 Å². The van der Waals surface area contributed by atoms with E-state index in [1.165, 1.54) is 5.56 Å². The maximum absolute atomic E-state index is 4.07. The van der Waals surface area contributed by atoms with Crippen LogP contribution in [0.1, 0.15) is 11.4 Å². The molecule has 0 amide bonds. The van der Waals surface area contributed by atoms with Gasteiger partial charge in [0, 0.05) is 19.4 Å². The molecule has 0 bridgehead atoms. The van der Waals surface area contributed by atoms with E-state index in [1.807, 2.05) is 23.9 Å². The van der Waals surface area contributed by atoms with Crippen molar-refractivity contribution in [2.45, 2.75) is 13.0 Å². The van der Waals surface area contributed by atoms with E-state index >= 15 is 0 Å². The average molecular weight is 217 g/mol. The Balaban J connectivity index is 1.72. The first kappa shape index (κ1) is 10.8. The zero-order chi connectivity index (χ0) is 11.2. The molecular formula is C11H15N5. The summed E-state index contributed by atoms with van der Waals surface area (Å²) < 4.78 is 1.91. The topological polar surface area (TPSA) is 55.6 Å². The van der Waals surface area contributed by atoms with Crippen LogP contribution in [0.15, 0.2) is 30.9 Å². The Hall–Kier alpha value is -1.75. The Bertz CT molecular complexity index is 423. The summed E-state index contributed by atoms with van der Waals surface area (Å²) in [5.74, 6) is 0.950. The fourth-order valence-electron chi connectivity index (χ4n) is 1.45. The fraction of sp³-hybridized carbons (Fsp3) is 0.364. The van der Waals surface area contributed by atoms with Gasteiger partial charge in [0.25, 0.3) is 0 Å². The Labute approximate surface area is 94.5 Å². The van der Waals surface area contributed by atoms with E-state index in [-0.39, 0.29) is 0 Å². The Kier molecular flexibility index (Phi) is 3.61. The smallest absolute Gasteiger partial charge is 0.146 e. The number of aryl methyl sites for hydroxylation is 1. The predicted octanol–water partition coefficient (Wildman–Crippen LogP) is 0.542. The van der Waals surface area contributed by atoms with E-state index in [9.17, 15) is 0 Å². The second-order valence-corrected chi connectivity index (χ2v) is 3.65. The first-order valence-corrected chi connectivity index (χ1v) is 5.29. The molecule has 0 atom stereocenters. The molecule has 84 valence electrons. The minimum Gasteiger partial charge on any atom is -0.320 e. The van der Waals surface area contributed by atoms with Crippen molar-refractivity contribution in [3.05, 3.63) is 42.2 Å².